The average molecular weight is 506 g/mol. The zero-order valence-corrected chi connectivity index (χ0v) is 20.0. The number of nitrogens with one attached hydrogen (secondary N) is 2. The molecule has 8 nitrogen and oxygen atoms in total. The van der Waals surface area contributed by atoms with Gasteiger partial charge in [-0.15, -0.1) is 16.8 Å². The minimum absolute atomic E-state index is 0.0117. The summed E-state index contributed by atoms with van der Waals surface area (Å²) in [5.74, 6) is 0.693. The topological polar surface area (TPSA) is 98.1 Å². The van der Waals surface area contributed by atoms with E-state index >= 15 is 0 Å². The van der Waals surface area contributed by atoms with Crippen LogP contribution in [0, 0.1) is 0 Å². The Morgan fingerprint density at radius 1 is 1.12 bits per heavy atom. The number of ether oxygens (including phenoxy) is 1. The first kappa shape index (κ1) is 24.6. The first-order valence-electron chi connectivity index (χ1n) is 9.74. The van der Waals surface area contributed by atoms with Crippen LogP contribution in [0.25, 0.3) is 0 Å². The van der Waals surface area contributed by atoms with Gasteiger partial charge in [0.1, 0.15) is 11.6 Å². The van der Waals surface area contributed by atoms with E-state index in [0.29, 0.717) is 39.7 Å². The van der Waals surface area contributed by atoms with E-state index in [4.69, 9.17) is 27.9 Å². The van der Waals surface area contributed by atoms with E-state index in [0.717, 1.165) is 0 Å². The molecular weight excluding hydrogens is 485 g/mol. The number of aromatic nitrogens is 3. The molecule has 0 radical (unpaired) electrons. The van der Waals surface area contributed by atoms with Crippen LogP contribution in [0.5, 0.6) is 5.75 Å². The number of hydrogen-bond donors (Lipinski definition) is 2. The summed E-state index contributed by atoms with van der Waals surface area (Å²) < 4.78 is 6.85. The third-order valence-electron chi connectivity index (χ3n) is 4.36. The van der Waals surface area contributed by atoms with Gasteiger partial charge in [0.05, 0.1) is 35.0 Å². The van der Waals surface area contributed by atoms with Gasteiger partial charge in [-0.1, -0.05) is 47.1 Å². The number of thioether (sulfide) groups is 1. The first-order valence-corrected chi connectivity index (χ1v) is 11.5. The van der Waals surface area contributed by atoms with Gasteiger partial charge in [0, 0.05) is 12.2 Å². The van der Waals surface area contributed by atoms with Crippen LogP contribution in [0.1, 0.15) is 5.82 Å². The Morgan fingerprint density at radius 2 is 1.88 bits per heavy atom. The molecule has 0 aliphatic heterocycles. The van der Waals surface area contributed by atoms with Crippen molar-refractivity contribution in [1.29, 1.82) is 0 Å². The van der Waals surface area contributed by atoms with Gasteiger partial charge in [0.25, 0.3) is 0 Å². The molecule has 0 aliphatic carbocycles. The largest absolute Gasteiger partial charge is 0.497 e. The molecule has 33 heavy (non-hydrogen) atoms. The molecule has 1 aromatic heterocycles. The van der Waals surface area contributed by atoms with Gasteiger partial charge in [-0.3, -0.25) is 9.59 Å². The Balaban J connectivity index is 1.62. The maximum Gasteiger partial charge on any atom is 0.234 e. The number of allylic oxidation sites excluding steroid dienone is 1. The second-order valence-electron chi connectivity index (χ2n) is 6.69. The first-order chi connectivity index (χ1) is 15.9. The molecule has 0 atom stereocenters. The lowest BCUT2D eigenvalue weighted by atomic mass is 10.3. The van der Waals surface area contributed by atoms with E-state index in [1.165, 1.54) is 11.8 Å². The number of carbonyl (C=O) groups is 2. The van der Waals surface area contributed by atoms with Crippen molar-refractivity contribution >= 4 is 58.2 Å². The van der Waals surface area contributed by atoms with Crippen molar-refractivity contribution in [3.05, 3.63) is 71.0 Å². The highest BCUT2D eigenvalue weighted by molar-refractivity contribution is 7.99. The lowest BCUT2D eigenvalue weighted by Crippen LogP contribution is -2.18. The Bertz CT molecular complexity index is 1150. The molecule has 2 aromatic carbocycles. The number of methoxy groups -OCH3 is 1. The van der Waals surface area contributed by atoms with Crippen LogP contribution < -0.4 is 15.4 Å². The highest BCUT2D eigenvalue weighted by atomic mass is 35.5. The summed E-state index contributed by atoms with van der Waals surface area (Å²) >= 11 is 13.3. The fourth-order valence-corrected chi connectivity index (χ4v) is 3.92. The number of halogens is 2. The monoisotopic (exact) mass is 505 g/mol. The Kier molecular flexibility index (Phi) is 8.76. The van der Waals surface area contributed by atoms with E-state index < -0.39 is 0 Å². The zero-order valence-electron chi connectivity index (χ0n) is 17.7. The summed E-state index contributed by atoms with van der Waals surface area (Å²) in [6, 6.07) is 12.0. The third kappa shape index (κ3) is 6.74. The summed E-state index contributed by atoms with van der Waals surface area (Å²) in [6.45, 7) is 4.14. The van der Waals surface area contributed by atoms with Crippen molar-refractivity contribution in [2.24, 2.45) is 0 Å². The fraction of sp³-hybridized carbons (Fsp3) is 0.182. The van der Waals surface area contributed by atoms with E-state index in [1.807, 2.05) is 0 Å². The van der Waals surface area contributed by atoms with Gasteiger partial charge in [-0.05, 0) is 36.4 Å². The van der Waals surface area contributed by atoms with Gasteiger partial charge < -0.3 is 19.9 Å². The molecule has 1 heterocycles. The van der Waals surface area contributed by atoms with Crippen LogP contribution in [0.15, 0.2) is 60.3 Å². The Labute approximate surface area is 205 Å². The quantitative estimate of drug-likeness (QED) is 0.306. The summed E-state index contributed by atoms with van der Waals surface area (Å²) in [5, 5.41) is 14.9. The molecule has 0 unspecified atom stereocenters. The maximum atomic E-state index is 12.5. The van der Waals surface area contributed by atoms with Crippen molar-refractivity contribution in [3.63, 3.8) is 0 Å². The standard InChI is InChI=1S/C22H21Cl2N5O3S/c1-3-11-29-18(12-19(30)25-14-7-9-15(32-2)10-8-14)27-28-22(29)33-13-20(31)26-17-6-4-5-16(23)21(17)24/h3-10H,1,11-13H2,2H3,(H,25,30)(H,26,31). The molecule has 3 aromatic rings. The van der Waals surface area contributed by atoms with Gasteiger partial charge in [-0.25, -0.2) is 0 Å². The summed E-state index contributed by atoms with van der Waals surface area (Å²) in [5.41, 5.74) is 1.07. The second kappa shape index (κ2) is 11.7. The third-order valence-corrected chi connectivity index (χ3v) is 6.14. The molecule has 2 N–H and O–H groups in total. The van der Waals surface area contributed by atoms with Crippen LogP contribution in [-0.4, -0.2) is 39.4 Å². The van der Waals surface area contributed by atoms with Crippen LogP contribution >= 0.6 is 35.0 Å². The van der Waals surface area contributed by atoms with E-state index in [9.17, 15) is 9.59 Å². The molecule has 11 heteroatoms. The number of nitrogens with zero attached hydrogens (tertiary/aromatic N) is 3. The smallest absolute Gasteiger partial charge is 0.234 e. The number of benzene rings is 2. The Hall–Kier alpha value is -3.01. The van der Waals surface area contributed by atoms with Crippen molar-refractivity contribution < 1.29 is 14.3 Å². The molecule has 0 aliphatic rings. The van der Waals surface area contributed by atoms with Crippen molar-refractivity contribution in [3.8, 4) is 5.75 Å². The number of hydrogen-bond acceptors (Lipinski definition) is 6. The van der Waals surface area contributed by atoms with Crippen molar-refractivity contribution in [2.75, 3.05) is 23.5 Å². The molecule has 2 amide bonds. The van der Waals surface area contributed by atoms with Crippen molar-refractivity contribution in [1.82, 2.24) is 14.8 Å². The maximum absolute atomic E-state index is 12.5. The number of rotatable bonds is 10. The fourth-order valence-electron chi connectivity index (χ4n) is 2.81. The number of carbonyl (C=O) groups excluding carboxylic acids is 2. The normalized spacial score (nSPS) is 10.5. The highest BCUT2D eigenvalue weighted by Crippen LogP contribution is 2.29. The lowest BCUT2D eigenvalue weighted by molar-refractivity contribution is -0.116. The zero-order chi connectivity index (χ0) is 23.8. The van der Waals surface area contributed by atoms with E-state index in [1.54, 1.807) is 60.2 Å². The molecule has 0 spiro atoms. The van der Waals surface area contributed by atoms with Gasteiger partial charge in [0.15, 0.2) is 5.16 Å². The number of anilines is 2. The second-order valence-corrected chi connectivity index (χ2v) is 8.42. The van der Waals surface area contributed by atoms with Gasteiger partial charge >= 0.3 is 0 Å². The average Bonchev–Trinajstić information content (AvgIpc) is 3.17. The summed E-state index contributed by atoms with van der Waals surface area (Å²) in [4.78, 5) is 24.9. The predicted octanol–water partition coefficient (Wildman–Crippen LogP) is 4.69. The van der Waals surface area contributed by atoms with E-state index in [2.05, 4.69) is 27.4 Å². The molecule has 172 valence electrons. The molecule has 3 rings (SSSR count). The molecular formula is C22H21Cl2N5O3S. The van der Waals surface area contributed by atoms with Crippen LogP contribution in [-0.2, 0) is 22.6 Å². The summed E-state index contributed by atoms with van der Waals surface area (Å²) in [7, 11) is 1.58. The van der Waals surface area contributed by atoms with Crippen LogP contribution in [0.4, 0.5) is 11.4 Å². The number of amides is 2. The molecule has 0 saturated carbocycles. The van der Waals surface area contributed by atoms with Gasteiger partial charge in [-0.2, -0.15) is 0 Å². The van der Waals surface area contributed by atoms with Crippen molar-refractivity contribution in [2.45, 2.75) is 18.1 Å². The highest BCUT2D eigenvalue weighted by Gasteiger charge is 2.17. The van der Waals surface area contributed by atoms with Crippen LogP contribution in [0.3, 0.4) is 0 Å². The summed E-state index contributed by atoms with van der Waals surface area (Å²) in [6.07, 6.45) is 1.68. The lowest BCUT2D eigenvalue weighted by Gasteiger charge is -2.10. The predicted molar refractivity (Wildman–Crippen MR) is 131 cm³/mol. The molecule has 0 bridgehead atoms. The minimum Gasteiger partial charge on any atom is -0.497 e. The molecule has 0 fully saturated rings. The van der Waals surface area contributed by atoms with E-state index in [-0.39, 0.29) is 29.0 Å². The minimum atomic E-state index is -0.281. The molecule has 0 saturated heterocycles. The SMILES string of the molecule is C=CCn1c(CC(=O)Nc2ccc(OC)cc2)nnc1SCC(=O)Nc1cccc(Cl)c1Cl. The van der Waals surface area contributed by atoms with Crippen LogP contribution in [0.2, 0.25) is 10.0 Å². The Morgan fingerprint density at radius 3 is 2.58 bits per heavy atom. The van der Waals surface area contributed by atoms with Gasteiger partial charge in [0.2, 0.25) is 11.8 Å².